The van der Waals surface area contributed by atoms with Crippen molar-refractivity contribution in [3.63, 3.8) is 0 Å². The number of esters is 1. The SMILES string of the molecule is COC(=O)[C@@H]1C[C@H](Oc2cc(C)c(Cl)c(C)c2)CN1. The molecule has 1 aliphatic rings. The van der Waals surface area contributed by atoms with Crippen molar-refractivity contribution in [2.24, 2.45) is 0 Å². The van der Waals surface area contributed by atoms with E-state index in [4.69, 9.17) is 21.1 Å². The van der Waals surface area contributed by atoms with Gasteiger partial charge in [-0.05, 0) is 37.1 Å². The highest BCUT2D eigenvalue weighted by Crippen LogP contribution is 2.27. The number of nitrogens with one attached hydrogen (secondary N) is 1. The first kappa shape index (κ1) is 14.2. The molecule has 1 saturated heterocycles. The smallest absolute Gasteiger partial charge is 0.323 e. The number of carbonyl (C=O) groups is 1. The Morgan fingerprint density at radius 1 is 1.37 bits per heavy atom. The van der Waals surface area contributed by atoms with Crippen molar-refractivity contribution in [2.75, 3.05) is 13.7 Å². The van der Waals surface area contributed by atoms with Crippen LogP contribution in [0.2, 0.25) is 5.02 Å². The van der Waals surface area contributed by atoms with E-state index in [1.54, 1.807) is 0 Å². The summed E-state index contributed by atoms with van der Waals surface area (Å²) in [7, 11) is 1.39. The Labute approximate surface area is 118 Å². The van der Waals surface area contributed by atoms with Crippen LogP contribution in [0.3, 0.4) is 0 Å². The molecule has 5 heteroatoms. The Bertz CT molecular complexity index is 467. The number of rotatable bonds is 3. The summed E-state index contributed by atoms with van der Waals surface area (Å²) in [5.41, 5.74) is 1.99. The summed E-state index contributed by atoms with van der Waals surface area (Å²) in [4.78, 5) is 11.4. The molecule has 0 unspecified atom stereocenters. The molecule has 1 heterocycles. The Morgan fingerprint density at radius 2 is 2.00 bits per heavy atom. The standard InChI is InChI=1S/C14H18ClNO3/c1-8-4-10(5-9(2)13(8)15)19-11-6-12(16-7-11)14(17)18-3/h4-5,11-12,16H,6-7H2,1-3H3/t11-,12-/m0/s1. The lowest BCUT2D eigenvalue weighted by Crippen LogP contribution is -2.31. The van der Waals surface area contributed by atoms with Crippen LogP contribution in [0.25, 0.3) is 0 Å². The third-order valence-electron chi connectivity index (χ3n) is 3.29. The molecule has 2 rings (SSSR count). The summed E-state index contributed by atoms with van der Waals surface area (Å²) in [6, 6.07) is 3.56. The number of methoxy groups -OCH3 is 1. The van der Waals surface area contributed by atoms with Gasteiger partial charge >= 0.3 is 5.97 Å². The van der Waals surface area contributed by atoms with Crippen LogP contribution in [0.1, 0.15) is 17.5 Å². The molecule has 1 aromatic rings. The van der Waals surface area contributed by atoms with Gasteiger partial charge in [0.2, 0.25) is 0 Å². The van der Waals surface area contributed by atoms with Crippen LogP contribution in [0.5, 0.6) is 5.75 Å². The second-order valence-electron chi connectivity index (χ2n) is 4.83. The number of aryl methyl sites for hydroxylation is 2. The zero-order valence-corrected chi connectivity index (χ0v) is 12.1. The largest absolute Gasteiger partial charge is 0.489 e. The minimum absolute atomic E-state index is 0.0240. The summed E-state index contributed by atoms with van der Waals surface area (Å²) in [6.45, 7) is 4.54. The molecule has 0 saturated carbocycles. The van der Waals surface area contributed by atoms with E-state index in [9.17, 15) is 4.79 Å². The Morgan fingerprint density at radius 3 is 2.58 bits per heavy atom. The summed E-state index contributed by atoms with van der Waals surface area (Å²) in [5, 5.41) is 3.86. The number of benzene rings is 1. The van der Waals surface area contributed by atoms with Gasteiger partial charge in [0.25, 0.3) is 0 Å². The van der Waals surface area contributed by atoms with Gasteiger partial charge in [0.15, 0.2) is 0 Å². The van der Waals surface area contributed by atoms with Crippen molar-refractivity contribution in [3.05, 3.63) is 28.3 Å². The fourth-order valence-corrected chi connectivity index (χ4v) is 2.39. The van der Waals surface area contributed by atoms with Crippen LogP contribution in [0.4, 0.5) is 0 Å². The molecular weight excluding hydrogens is 266 g/mol. The molecule has 0 amide bonds. The molecule has 1 aliphatic heterocycles. The van der Waals surface area contributed by atoms with Crippen molar-refractivity contribution in [1.82, 2.24) is 5.32 Å². The predicted octanol–water partition coefficient (Wildman–Crippen LogP) is 2.24. The van der Waals surface area contributed by atoms with Crippen LogP contribution in [0, 0.1) is 13.8 Å². The second-order valence-corrected chi connectivity index (χ2v) is 5.21. The predicted molar refractivity (Wildman–Crippen MR) is 73.8 cm³/mol. The van der Waals surface area contributed by atoms with Gasteiger partial charge in [0.1, 0.15) is 17.9 Å². The molecule has 0 bridgehead atoms. The summed E-state index contributed by atoms with van der Waals surface area (Å²) < 4.78 is 10.6. The molecular formula is C14H18ClNO3. The maximum Gasteiger partial charge on any atom is 0.323 e. The van der Waals surface area contributed by atoms with Crippen LogP contribution in [0.15, 0.2) is 12.1 Å². The zero-order valence-electron chi connectivity index (χ0n) is 11.3. The Hall–Kier alpha value is -1.26. The highest BCUT2D eigenvalue weighted by Gasteiger charge is 2.31. The third kappa shape index (κ3) is 3.19. The average molecular weight is 284 g/mol. The number of ether oxygens (including phenoxy) is 2. The molecule has 2 atom stereocenters. The van der Waals surface area contributed by atoms with E-state index < -0.39 is 0 Å². The van der Waals surface area contributed by atoms with Crippen molar-refractivity contribution in [3.8, 4) is 5.75 Å². The van der Waals surface area contributed by atoms with E-state index in [-0.39, 0.29) is 18.1 Å². The molecule has 1 N–H and O–H groups in total. The van der Waals surface area contributed by atoms with E-state index in [1.165, 1.54) is 7.11 Å². The first-order chi connectivity index (χ1) is 9.01. The van der Waals surface area contributed by atoms with E-state index in [0.717, 1.165) is 21.9 Å². The van der Waals surface area contributed by atoms with E-state index in [1.807, 2.05) is 26.0 Å². The fourth-order valence-electron chi connectivity index (χ4n) is 2.28. The van der Waals surface area contributed by atoms with Crippen LogP contribution >= 0.6 is 11.6 Å². The van der Waals surface area contributed by atoms with E-state index >= 15 is 0 Å². The lowest BCUT2D eigenvalue weighted by molar-refractivity contribution is -0.142. The first-order valence-electron chi connectivity index (χ1n) is 6.26. The van der Waals surface area contributed by atoms with Gasteiger partial charge in [-0.2, -0.15) is 0 Å². The van der Waals surface area contributed by atoms with Gasteiger partial charge in [-0.3, -0.25) is 4.79 Å². The molecule has 0 spiro atoms. The summed E-state index contributed by atoms with van der Waals surface area (Å²) in [5.74, 6) is 0.547. The number of hydrogen-bond donors (Lipinski definition) is 1. The zero-order chi connectivity index (χ0) is 14.0. The van der Waals surface area contributed by atoms with Gasteiger partial charge in [-0.1, -0.05) is 11.6 Å². The molecule has 1 aromatic carbocycles. The summed E-state index contributed by atoms with van der Waals surface area (Å²) in [6.07, 6.45) is 0.594. The maximum absolute atomic E-state index is 11.4. The normalized spacial score (nSPS) is 22.3. The van der Waals surface area contributed by atoms with E-state index in [2.05, 4.69) is 5.32 Å². The minimum Gasteiger partial charge on any atom is -0.489 e. The second kappa shape index (κ2) is 5.80. The van der Waals surface area contributed by atoms with Crippen LogP contribution in [-0.2, 0) is 9.53 Å². The molecule has 4 nitrogen and oxygen atoms in total. The molecule has 0 aromatic heterocycles. The highest BCUT2D eigenvalue weighted by atomic mass is 35.5. The lowest BCUT2D eigenvalue weighted by atomic mass is 10.1. The van der Waals surface area contributed by atoms with Gasteiger partial charge in [0, 0.05) is 18.0 Å². The minimum atomic E-state index is -0.274. The lowest BCUT2D eigenvalue weighted by Gasteiger charge is -2.15. The van der Waals surface area contributed by atoms with Crippen molar-refractivity contribution >= 4 is 17.6 Å². The van der Waals surface area contributed by atoms with Crippen molar-refractivity contribution < 1.29 is 14.3 Å². The van der Waals surface area contributed by atoms with Gasteiger partial charge in [-0.15, -0.1) is 0 Å². The summed E-state index contributed by atoms with van der Waals surface area (Å²) >= 11 is 6.12. The number of carbonyl (C=O) groups excluding carboxylic acids is 1. The van der Waals surface area contributed by atoms with Gasteiger partial charge in [-0.25, -0.2) is 0 Å². The van der Waals surface area contributed by atoms with Crippen molar-refractivity contribution in [2.45, 2.75) is 32.4 Å². The first-order valence-corrected chi connectivity index (χ1v) is 6.63. The van der Waals surface area contributed by atoms with Gasteiger partial charge in [0.05, 0.1) is 7.11 Å². The van der Waals surface area contributed by atoms with Crippen LogP contribution in [-0.4, -0.2) is 31.8 Å². The highest BCUT2D eigenvalue weighted by molar-refractivity contribution is 6.32. The molecule has 1 fully saturated rings. The third-order valence-corrected chi connectivity index (χ3v) is 3.89. The topological polar surface area (TPSA) is 47.6 Å². The van der Waals surface area contributed by atoms with Gasteiger partial charge < -0.3 is 14.8 Å². The fraction of sp³-hybridized carbons (Fsp3) is 0.500. The maximum atomic E-state index is 11.4. The monoisotopic (exact) mass is 283 g/mol. The molecule has 104 valence electrons. The van der Waals surface area contributed by atoms with Crippen LogP contribution < -0.4 is 10.1 Å². The number of halogens is 1. The van der Waals surface area contributed by atoms with Crippen molar-refractivity contribution in [1.29, 1.82) is 0 Å². The molecule has 19 heavy (non-hydrogen) atoms. The molecule has 0 radical (unpaired) electrons. The average Bonchev–Trinajstić information content (AvgIpc) is 2.83. The molecule has 0 aliphatic carbocycles. The Balaban J connectivity index is 2.01. The quantitative estimate of drug-likeness (QED) is 0.865. The van der Waals surface area contributed by atoms with E-state index in [0.29, 0.717) is 13.0 Å². The Kier molecular flexibility index (Phi) is 4.32. The number of hydrogen-bond acceptors (Lipinski definition) is 4.